The molecule has 1 aromatic heterocycles. The molecule has 3 rings (SSSR count). The average Bonchev–Trinajstić information content (AvgIpc) is 2.73. The molecule has 118 valence electrons. The zero-order valence-electron chi connectivity index (χ0n) is 13.3. The first-order valence-electron chi connectivity index (χ1n) is 7.69. The van der Waals surface area contributed by atoms with E-state index in [1.807, 2.05) is 11.6 Å². The highest BCUT2D eigenvalue weighted by molar-refractivity contribution is 5.24. The van der Waals surface area contributed by atoms with Gasteiger partial charge in [-0.3, -0.25) is 9.58 Å². The van der Waals surface area contributed by atoms with Gasteiger partial charge in [0.1, 0.15) is 6.10 Å². The maximum atomic E-state index is 13.6. The highest BCUT2D eigenvalue weighted by Crippen LogP contribution is 2.22. The average molecular weight is 303 g/mol. The molecule has 1 fully saturated rings. The minimum absolute atomic E-state index is 0.0693. The fraction of sp³-hybridized carbons (Fsp3) is 0.471. The summed E-state index contributed by atoms with van der Waals surface area (Å²) in [5, 5.41) is 4.50. The van der Waals surface area contributed by atoms with Crippen LogP contribution in [0.1, 0.15) is 18.3 Å². The van der Waals surface area contributed by atoms with Gasteiger partial charge < -0.3 is 4.74 Å². The van der Waals surface area contributed by atoms with Crippen molar-refractivity contribution in [3.8, 4) is 5.75 Å². The standard InChI is InChI=1S/C17H22FN3O/c1-12-8-13(2)21(19-12)9-14(3)20-10-15(11-20)22-17-7-5-4-6-16(17)18/h4-8,14-15H,9-11H2,1-3H3. The van der Waals surface area contributed by atoms with Gasteiger partial charge in [0.05, 0.1) is 12.2 Å². The second-order valence-corrected chi connectivity index (χ2v) is 6.08. The second kappa shape index (κ2) is 6.08. The molecule has 0 saturated carbocycles. The van der Waals surface area contributed by atoms with Crippen LogP contribution in [0.3, 0.4) is 0 Å². The number of nitrogens with zero attached hydrogens (tertiary/aromatic N) is 3. The molecule has 1 saturated heterocycles. The van der Waals surface area contributed by atoms with Gasteiger partial charge in [-0.25, -0.2) is 4.39 Å². The first-order chi connectivity index (χ1) is 10.5. The fourth-order valence-electron chi connectivity index (χ4n) is 2.85. The van der Waals surface area contributed by atoms with Crippen LogP contribution in [0.4, 0.5) is 4.39 Å². The number of hydrogen-bond donors (Lipinski definition) is 0. The predicted octanol–water partition coefficient (Wildman–Crippen LogP) is 2.79. The largest absolute Gasteiger partial charge is 0.485 e. The van der Waals surface area contributed by atoms with E-state index in [0.717, 1.165) is 25.3 Å². The van der Waals surface area contributed by atoms with Gasteiger partial charge in [0.25, 0.3) is 0 Å². The van der Waals surface area contributed by atoms with Crippen molar-refractivity contribution in [2.45, 2.75) is 39.5 Å². The molecule has 1 aliphatic heterocycles. The number of rotatable bonds is 5. The summed E-state index contributed by atoms with van der Waals surface area (Å²) in [7, 11) is 0. The van der Waals surface area contributed by atoms with Gasteiger partial charge in [-0.2, -0.15) is 5.10 Å². The summed E-state index contributed by atoms with van der Waals surface area (Å²) in [6.45, 7) is 8.80. The zero-order chi connectivity index (χ0) is 15.7. The number of aromatic nitrogens is 2. The number of likely N-dealkylation sites (tertiary alicyclic amines) is 1. The normalized spacial score (nSPS) is 17.3. The van der Waals surface area contributed by atoms with E-state index in [1.54, 1.807) is 18.2 Å². The second-order valence-electron chi connectivity index (χ2n) is 6.08. The molecule has 1 atom stereocenters. The molecule has 2 heterocycles. The molecule has 5 heteroatoms. The van der Waals surface area contributed by atoms with Gasteiger partial charge in [0, 0.05) is 24.8 Å². The molecule has 0 bridgehead atoms. The van der Waals surface area contributed by atoms with Gasteiger partial charge in [-0.05, 0) is 39.0 Å². The van der Waals surface area contributed by atoms with Crippen molar-refractivity contribution in [3.63, 3.8) is 0 Å². The summed E-state index contributed by atoms with van der Waals surface area (Å²) in [6.07, 6.45) is 0.0693. The van der Waals surface area contributed by atoms with Crippen LogP contribution in [0.2, 0.25) is 0 Å². The zero-order valence-corrected chi connectivity index (χ0v) is 13.3. The van der Waals surface area contributed by atoms with E-state index in [0.29, 0.717) is 11.8 Å². The maximum absolute atomic E-state index is 13.6. The molecule has 1 unspecified atom stereocenters. The number of benzene rings is 1. The van der Waals surface area contributed by atoms with Gasteiger partial charge in [0.2, 0.25) is 0 Å². The molecule has 1 aromatic carbocycles. The van der Waals surface area contributed by atoms with Crippen molar-refractivity contribution in [3.05, 3.63) is 47.5 Å². The van der Waals surface area contributed by atoms with Crippen LogP contribution in [0.5, 0.6) is 5.75 Å². The SMILES string of the molecule is Cc1cc(C)n(CC(C)N2CC(Oc3ccccc3F)C2)n1. The Morgan fingerprint density at radius 2 is 2.05 bits per heavy atom. The molecule has 22 heavy (non-hydrogen) atoms. The third-order valence-electron chi connectivity index (χ3n) is 4.17. The Morgan fingerprint density at radius 3 is 2.68 bits per heavy atom. The Hall–Kier alpha value is -1.88. The minimum Gasteiger partial charge on any atom is -0.485 e. The first kappa shape index (κ1) is 15.0. The van der Waals surface area contributed by atoms with Crippen molar-refractivity contribution in [1.82, 2.24) is 14.7 Å². The van der Waals surface area contributed by atoms with Gasteiger partial charge in [-0.1, -0.05) is 12.1 Å². The Bertz CT molecular complexity index is 649. The molecule has 0 spiro atoms. The molecular formula is C17H22FN3O. The monoisotopic (exact) mass is 303 g/mol. The van der Waals surface area contributed by atoms with E-state index >= 15 is 0 Å². The van der Waals surface area contributed by atoms with E-state index < -0.39 is 0 Å². The summed E-state index contributed by atoms with van der Waals surface area (Å²) in [5.74, 6) is 0.0509. The van der Waals surface area contributed by atoms with Crippen molar-refractivity contribution < 1.29 is 9.13 Å². The maximum Gasteiger partial charge on any atom is 0.165 e. The van der Waals surface area contributed by atoms with Gasteiger partial charge >= 0.3 is 0 Å². The molecule has 4 nitrogen and oxygen atoms in total. The summed E-state index contributed by atoms with van der Waals surface area (Å²) in [4.78, 5) is 2.34. The van der Waals surface area contributed by atoms with Crippen LogP contribution in [0, 0.1) is 19.7 Å². The van der Waals surface area contributed by atoms with Crippen LogP contribution in [0.25, 0.3) is 0 Å². The van der Waals surface area contributed by atoms with Crippen molar-refractivity contribution in [2.24, 2.45) is 0 Å². The molecule has 0 aliphatic carbocycles. The lowest BCUT2D eigenvalue weighted by atomic mass is 10.1. The Balaban J connectivity index is 1.50. The predicted molar refractivity (Wildman–Crippen MR) is 83.6 cm³/mol. The highest BCUT2D eigenvalue weighted by atomic mass is 19.1. The molecule has 1 aliphatic rings. The summed E-state index contributed by atoms with van der Waals surface area (Å²) in [6, 6.07) is 9.05. The van der Waals surface area contributed by atoms with Crippen LogP contribution in [-0.4, -0.2) is 39.9 Å². The quantitative estimate of drug-likeness (QED) is 0.851. The van der Waals surface area contributed by atoms with Crippen LogP contribution >= 0.6 is 0 Å². The number of para-hydroxylation sites is 1. The van der Waals surface area contributed by atoms with E-state index in [2.05, 4.69) is 29.9 Å². The number of halogens is 1. The van der Waals surface area contributed by atoms with E-state index in [-0.39, 0.29) is 11.9 Å². The minimum atomic E-state index is -0.295. The molecular weight excluding hydrogens is 281 g/mol. The van der Waals surface area contributed by atoms with Crippen molar-refractivity contribution >= 4 is 0 Å². The topological polar surface area (TPSA) is 30.3 Å². The summed E-state index contributed by atoms with van der Waals surface area (Å²) in [5.41, 5.74) is 2.23. The third kappa shape index (κ3) is 3.14. The molecule has 0 N–H and O–H groups in total. The lowest BCUT2D eigenvalue weighted by Crippen LogP contribution is -2.58. The van der Waals surface area contributed by atoms with Crippen LogP contribution in [-0.2, 0) is 6.54 Å². The van der Waals surface area contributed by atoms with Crippen LogP contribution in [0.15, 0.2) is 30.3 Å². The van der Waals surface area contributed by atoms with Crippen LogP contribution < -0.4 is 4.74 Å². The lowest BCUT2D eigenvalue weighted by Gasteiger charge is -2.42. The smallest absolute Gasteiger partial charge is 0.165 e. The number of hydrogen-bond acceptors (Lipinski definition) is 3. The van der Waals surface area contributed by atoms with Gasteiger partial charge in [0.15, 0.2) is 11.6 Å². The first-order valence-corrected chi connectivity index (χ1v) is 7.69. The van der Waals surface area contributed by atoms with Gasteiger partial charge in [-0.15, -0.1) is 0 Å². The summed E-state index contributed by atoms with van der Waals surface area (Å²) >= 11 is 0. The van der Waals surface area contributed by atoms with E-state index in [4.69, 9.17) is 4.74 Å². The Kier molecular flexibility index (Phi) is 4.16. The lowest BCUT2D eigenvalue weighted by molar-refractivity contribution is -0.0113. The number of aryl methyl sites for hydroxylation is 2. The Morgan fingerprint density at radius 1 is 1.32 bits per heavy atom. The van der Waals surface area contributed by atoms with Crippen molar-refractivity contribution in [2.75, 3.05) is 13.1 Å². The summed E-state index contributed by atoms with van der Waals surface area (Å²) < 4.78 is 21.3. The van der Waals surface area contributed by atoms with E-state index in [9.17, 15) is 4.39 Å². The van der Waals surface area contributed by atoms with E-state index in [1.165, 1.54) is 11.8 Å². The highest BCUT2D eigenvalue weighted by Gasteiger charge is 2.32. The Labute approximate surface area is 130 Å². The fourth-order valence-corrected chi connectivity index (χ4v) is 2.85. The molecule has 0 radical (unpaired) electrons. The number of ether oxygens (including phenoxy) is 1. The van der Waals surface area contributed by atoms with Crippen molar-refractivity contribution in [1.29, 1.82) is 0 Å². The molecule has 2 aromatic rings. The molecule has 0 amide bonds. The third-order valence-corrected chi connectivity index (χ3v) is 4.17.